The van der Waals surface area contributed by atoms with Crippen molar-refractivity contribution in [1.29, 1.82) is 0 Å². The van der Waals surface area contributed by atoms with E-state index in [0.717, 1.165) is 30.4 Å². The summed E-state index contributed by atoms with van der Waals surface area (Å²) in [5.74, 6) is 1.80. The predicted octanol–water partition coefficient (Wildman–Crippen LogP) is 2.38. The van der Waals surface area contributed by atoms with E-state index in [1.165, 1.54) is 17.6 Å². The van der Waals surface area contributed by atoms with E-state index in [9.17, 15) is 4.79 Å². The lowest BCUT2D eigenvalue weighted by atomic mass is 9.90. The zero-order chi connectivity index (χ0) is 9.71. The van der Waals surface area contributed by atoms with Crippen LogP contribution < -0.4 is 5.32 Å². The Hall–Kier alpha value is -1.05. The Labute approximate surface area is 85.6 Å². The lowest BCUT2D eigenvalue weighted by molar-refractivity contribution is -0.120. The van der Waals surface area contributed by atoms with Gasteiger partial charge in [0.2, 0.25) is 5.91 Å². The van der Waals surface area contributed by atoms with Crippen LogP contribution >= 0.6 is 0 Å². The van der Waals surface area contributed by atoms with Crippen LogP contribution in [0.25, 0.3) is 0 Å². The quantitative estimate of drug-likeness (QED) is 0.677. The Bertz CT molecular complexity index is 370. The number of fused-ring (bicyclic) bond motifs is 2. The van der Waals surface area contributed by atoms with Crippen molar-refractivity contribution in [3.63, 3.8) is 0 Å². The smallest absolute Gasteiger partial charge is 0.224 e. The van der Waals surface area contributed by atoms with Gasteiger partial charge in [-0.3, -0.25) is 4.79 Å². The van der Waals surface area contributed by atoms with Crippen molar-refractivity contribution in [3.05, 3.63) is 22.9 Å². The Morgan fingerprint density at radius 1 is 1.50 bits per heavy atom. The van der Waals surface area contributed by atoms with Crippen molar-refractivity contribution in [3.8, 4) is 0 Å². The molecule has 0 aromatic carbocycles. The average molecular weight is 191 g/mol. The number of hydrogen-bond acceptors (Lipinski definition) is 1. The molecule has 1 N–H and O–H groups in total. The maximum Gasteiger partial charge on any atom is 0.224 e. The van der Waals surface area contributed by atoms with Crippen molar-refractivity contribution in [2.24, 2.45) is 11.8 Å². The largest absolute Gasteiger partial charge is 0.326 e. The molecule has 3 rings (SSSR count). The van der Waals surface area contributed by atoms with Gasteiger partial charge < -0.3 is 5.32 Å². The van der Waals surface area contributed by atoms with Crippen LogP contribution in [0.4, 0.5) is 0 Å². The number of carbonyl (C=O) groups is 1. The van der Waals surface area contributed by atoms with E-state index in [0.29, 0.717) is 6.42 Å². The lowest BCUT2D eigenvalue weighted by Gasteiger charge is -2.23. The minimum Gasteiger partial charge on any atom is -0.326 e. The molecule has 1 saturated carbocycles. The number of rotatable bonds is 1. The molecule has 2 unspecified atom stereocenters. The van der Waals surface area contributed by atoms with E-state index in [4.69, 9.17) is 0 Å². The SMILES string of the molecule is CCC1=CC2=C(CCC(=O)N2)C2CC12.[HH]. The van der Waals surface area contributed by atoms with Crippen LogP contribution in [0.15, 0.2) is 22.9 Å². The van der Waals surface area contributed by atoms with Gasteiger partial charge in [-0.05, 0) is 42.7 Å². The van der Waals surface area contributed by atoms with Crippen LogP contribution in [-0.4, -0.2) is 5.91 Å². The van der Waals surface area contributed by atoms with Crippen LogP contribution in [0, 0.1) is 11.8 Å². The highest BCUT2D eigenvalue weighted by Crippen LogP contribution is 2.54. The fourth-order valence-electron chi connectivity index (χ4n) is 2.84. The summed E-state index contributed by atoms with van der Waals surface area (Å²) < 4.78 is 0. The summed E-state index contributed by atoms with van der Waals surface area (Å²) in [6.45, 7) is 2.21. The number of nitrogens with one attached hydrogen (secondary N) is 1. The molecule has 3 aliphatic rings. The lowest BCUT2D eigenvalue weighted by Crippen LogP contribution is -2.29. The molecule has 0 aromatic rings. The van der Waals surface area contributed by atoms with Gasteiger partial charge in [0.25, 0.3) is 0 Å². The zero-order valence-electron chi connectivity index (χ0n) is 8.47. The van der Waals surface area contributed by atoms with Gasteiger partial charge in [0, 0.05) is 13.5 Å². The molecule has 0 bridgehead atoms. The first-order valence-corrected chi connectivity index (χ1v) is 5.53. The van der Waals surface area contributed by atoms with Crippen molar-refractivity contribution < 1.29 is 6.22 Å². The van der Waals surface area contributed by atoms with E-state index in [1.807, 2.05) is 0 Å². The third-order valence-corrected chi connectivity index (χ3v) is 3.69. The van der Waals surface area contributed by atoms with E-state index < -0.39 is 0 Å². The topological polar surface area (TPSA) is 29.1 Å². The fourth-order valence-corrected chi connectivity index (χ4v) is 2.84. The van der Waals surface area contributed by atoms with Crippen LogP contribution in [0.2, 0.25) is 0 Å². The molecule has 2 atom stereocenters. The molecule has 1 fully saturated rings. The summed E-state index contributed by atoms with van der Waals surface area (Å²) in [6, 6.07) is 0. The van der Waals surface area contributed by atoms with Gasteiger partial charge in [-0.15, -0.1) is 0 Å². The van der Waals surface area contributed by atoms with E-state index in [-0.39, 0.29) is 7.33 Å². The molecule has 1 heterocycles. The molecule has 1 amide bonds. The summed E-state index contributed by atoms with van der Waals surface area (Å²) in [4.78, 5) is 11.3. The Morgan fingerprint density at radius 3 is 3.14 bits per heavy atom. The van der Waals surface area contributed by atoms with Crippen LogP contribution in [0.3, 0.4) is 0 Å². The summed E-state index contributed by atoms with van der Waals surface area (Å²) >= 11 is 0. The summed E-state index contributed by atoms with van der Waals surface area (Å²) in [6.07, 6.45) is 6.37. The normalized spacial score (nSPS) is 34.4. The molecule has 0 aromatic heterocycles. The van der Waals surface area contributed by atoms with Crippen molar-refractivity contribution in [1.82, 2.24) is 5.32 Å². The van der Waals surface area contributed by atoms with Crippen molar-refractivity contribution >= 4 is 5.91 Å². The monoisotopic (exact) mass is 191 g/mol. The Balaban J connectivity index is 0.000000853. The van der Waals surface area contributed by atoms with E-state index in [1.54, 1.807) is 0 Å². The molecule has 1 aliphatic heterocycles. The molecule has 0 radical (unpaired) electrons. The summed E-state index contributed by atoms with van der Waals surface area (Å²) in [7, 11) is 0. The maximum absolute atomic E-state index is 11.3. The number of hydrogen-bond donors (Lipinski definition) is 1. The number of carbonyl (C=O) groups excluding carboxylic acids is 1. The zero-order valence-corrected chi connectivity index (χ0v) is 8.47. The van der Waals surface area contributed by atoms with E-state index in [2.05, 4.69) is 18.3 Å². The second-order valence-electron chi connectivity index (χ2n) is 4.51. The first-order valence-electron chi connectivity index (χ1n) is 5.53. The molecule has 0 spiro atoms. The minimum atomic E-state index is 0. The summed E-state index contributed by atoms with van der Waals surface area (Å²) in [5.41, 5.74) is 4.19. The van der Waals surface area contributed by atoms with Gasteiger partial charge in [-0.2, -0.15) is 0 Å². The molecular formula is C12H17NO. The molecule has 2 nitrogen and oxygen atoms in total. The average Bonchev–Trinajstić information content (AvgIpc) is 2.95. The first kappa shape index (κ1) is 8.27. The molecule has 0 saturated heterocycles. The van der Waals surface area contributed by atoms with Crippen LogP contribution in [0.5, 0.6) is 0 Å². The van der Waals surface area contributed by atoms with Gasteiger partial charge in [-0.1, -0.05) is 12.5 Å². The number of allylic oxidation sites excluding steroid dienone is 3. The highest BCUT2D eigenvalue weighted by Gasteiger charge is 2.45. The molecular weight excluding hydrogens is 174 g/mol. The third kappa shape index (κ3) is 1.06. The number of amides is 1. The highest BCUT2D eigenvalue weighted by molar-refractivity contribution is 5.81. The van der Waals surface area contributed by atoms with Gasteiger partial charge in [0.1, 0.15) is 0 Å². The van der Waals surface area contributed by atoms with Gasteiger partial charge in [0.05, 0.1) is 0 Å². The van der Waals surface area contributed by atoms with Crippen molar-refractivity contribution in [2.45, 2.75) is 32.6 Å². The van der Waals surface area contributed by atoms with E-state index >= 15 is 0 Å². The van der Waals surface area contributed by atoms with Gasteiger partial charge >= 0.3 is 0 Å². The molecule has 76 valence electrons. The van der Waals surface area contributed by atoms with Crippen LogP contribution in [-0.2, 0) is 4.79 Å². The minimum absolute atomic E-state index is 0. The van der Waals surface area contributed by atoms with Crippen LogP contribution in [0.1, 0.15) is 34.0 Å². The fraction of sp³-hybridized carbons (Fsp3) is 0.583. The van der Waals surface area contributed by atoms with Gasteiger partial charge in [0.15, 0.2) is 0 Å². The maximum atomic E-state index is 11.3. The standard InChI is InChI=1S/C12H15NO.H2/c1-2-7-5-11-8(10-6-9(7)10)3-4-12(14)13-11;/h5,9-10H,2-4,6H2,1H3,(H,13,14);1H. The Morgan fingerprint density at radius 2 is 2.36 bits per heavy atom. The molecule has 14 heavy (non-hydrogen) atoms. The first-order chi connectivity index (χ1) is 6.79. The predicted molar refractivity (Wildman–Crippen MR) is 56.5 cm³/mol. The molecule has 2 aliphatic carbocycles. The molecule has 2 heteroatoms. The van der Waals surface area contributed by atoms with Crippen molar-refractivity contribution in [2.75, 3.05) is 0 Å². The second kappa shape index (κ2) is 2.72. The summed E-state index contributed by atoms with van der Waals surface area (Å²) in [5, 5.41) is 3.00. The Kier molecular flexibility index (Phi) is 1.61. The van der Waals surface area contributed by atoms with Gasteiger partial charge in [-0.25, -0.2) is 0 Å². The third-order valence-electron chi connectivity index (χ3n) is 3.69. The highest BCUT2D eigenvalue weighted by atomic mass is 16.1. The second-order valence-corrected chi connectivity index (χ2v) is 4.51.